The van der Waals surface area contributed by atoms with Gasteiger partial charge in [-0.2, -0.15) is 0 Å². The number of benzene rings is 1. The highest BCUT2D eigenvalue weighted by Crippen LogP contribution is 2.28. The first-order valence-electron chi connectivity index (χ1n) is 7.42. The van der Waals surface area contributed by atoms with Crippen molar-refractivity contribution in [3.8, 4) is 0 Å². The minimum Gasteiger partial charge on any atom is -0.333 e. The lowest BCUT2D eigenvalue weighted by Gasteiger charge is -2.33. The van der Waals surface area contributed by atoms with Gasteiger partial charge in [-0.05, 0) is 31.2 Å². The molecule has 1 aromatic carbocycles. The number of carbonyl (C=O) groups excluding carboxylic acids is 1. The number of sulfone groups is 1. The molecular weight excluding hydrogens is 368 g/mol. The van der Waals surface area contributed by atoms with E-state index in [4.69, 9.17) is 0 Å². The summed E-state index contributed by atoms with van der Waals surface area (Å²) in [5.41, 5.74) is 0. The van der Waals surface area contributed by atoms with Crippen molar-refractivity contribution in [2.45, 2.75) is 22.1 Å². The van der Waals surface area contributed by atoms with Crippen LogP contribution in [0, 0.1) is 0 Å². The first kappa shape index (κ1) is 18.9. The van der Waals surface area contributed by atoms with Gasteiger partial charge in [0.1, 0.15) is 4.21 Å². The number of amides is 1. The second kappa shape index (κ2) is 7.65. The highest BCUT2D eigenvalue weighted by Gasteiger charge is 2.27. The molecule has 1 saturated heterocycles. The molecule has 24 heavy (non-hydrogen) atoms. The van der Waals surface area contributed by atoms with Crippen LogP contribution in [0.15, 0.2) is 51.6 Å². The number of piperazine rings is 1. The van der Waals surface area contributed by atoms with E-state index in [2.05, 4.69) is 5.32 Å². The Balaban J connectivity index is 0.00000208. The van der Waals surface area contributed by atoms with Crippen LogP contribution in [0.5, 0.6) is 0 Å². The van der Waals surface area contributed by atoms with E-state index in [0.717, 1.165) is 24.4 Å². The Morgan fingerprint density at radius 1 is 1.21 bits per heavy atom. The molecule has 1 atom stereocenters. The topological polar surface area (TPSA) is 66.5 Å². The zero-order valence-corrected chi connectivity index (χ0v) is 15.6. The average Bonchev–Trinajstić information content (AvgIpc) is 3.06. The number of nitrogens with one attached hydrogen (secondary N) is 1. The van der Waals surface area contributed by atoms with Gasteiger partial charge in [0.25, 0.3) is 5.91 Å². The molecule has 5 nitrogen and oxygen atoms in total. The number of rotatable bonds is 3. The lowest BCUT2D eigenvalue weighted by Crippen LogP contribution is -2.52. The number of hydrogen-bond acceptors (Lipinski definition) is 5. The van der Waals surface area contributed by atoms with Crippen LogP contribution in [0.1, 0.15) is 16.6 Å². The maximum atomic E-state index is 12.6. The molecule has 3 rings (SSSR count). The van der Waals surface area contributed by atoms with Crippen molar-refractivity contribution in [3.63, 3.8) is 0 Å². The fraction of sp³-hybridized carbons (Fsp3) is 0.312. The maximum absolute atomic E-state index is 12.6. The fourth-order valence-electron chi connectivity index (χ4n) is 2.58. The summed E-state index contributed by atoms with van der Waals surface area (Å²) >= 11 is 1.04. The standard InChI is InChI=1S/C16H18N2O3S2.ClH/c1-12-11-17-9-10-18(12)16(19)14-7-8-15(22-14)23(20,21)13-5-3-2-4-6-13;/h2-8,12,17H,9-11H2,1H3;1H/t12-;/m1./s1. The van der Waals surface area contributed by atoms with Gasteiger partial charge in [0.15, 0.2) is 0 Å². The first-order valence-corrected chi connectivity index (χ1v) is 9.72. The molecule has 0 aliphatic carbocycles. The van der Waals surface area contributed by atoms with Crippen molar-refractivity contribution in [2.75, 3.05) is 19.6 Å². The minimum atomic E-state index is -3.56. The van der Waals surface area contributed by atoms with Crippen LogP contribution >= 0.6 is 23.7 Å². The molecule has 1 fully saturated rings. The van der Waals surface area contributed by atoms with Crippen molar-refractivity contribution < 1.29 is 13.2 Å². The minimum absolute atomic E-state index is 0. The second-order valence-electron chi connectivity index (χ2n) is 5.49. The highest BCUT2D eigenvalue weighted by atomic mass is 35.5. The third-order valence-corrected chi connectivity index (χ3v) is 7.21. The average molecular weight is 387 g/mol. The number of thiophene rings is 1. The summed E-state index contributed by atoms with van der Waals surface area (Å²) in [6.07, 6.45) is 0. The molecule has 0 bridgehead atoms. The molecule has 1 N–H and O–H groups in total. The van der Waals surface area contributed by atoms with E-state index in [1.165, 1.54) is 6.07 Å². The second-order valence-corrected chi connectivity index (χ2v) is 8.75. The summed E-state index contributed by atoms with van der Waals surface area (Å²) in [4.78, 5) is 15.1. The number of carbonyl (C=O) groups is 1. The lowest BCUT2D eigenvalue weighted by atomic mass is 10.2. The summed E-state index contributed by atoms with van der Waals surface area (Å²) < 4.78 is 25.4. The molecule has 0 unspecified atom stereocenters. The summed E-state index contributed by atoms with van der Waals surface area (Å²) in [5, 5.41) is 3.24. The summed E-state index contributed by atoms with van der Waals surface area (Å²) in [6.45, 7) is 4.14. The summed E-state index contributed by atoms with van der Waals surface area (Å²) in [6, 6.07) is 11.5. The molecule has 1 aliphatic rings. The van der Waals surface area contributed by atoms with E-state index >= 15 is 0 Å². The van der Waals surface area contributed by atoms with Gasteiger partial charge >= 0.3 is 0 Å². The van der Waals surface area contributed by atoms with Crippen molar-refractivity contribution >= 4 is 39.5 Å². The Morgan fingerprint density at radius 2 is 1.92 bits per heavy atom. The third kappa shape index (κ3) is 3.64. The van der Waals surface area contributed by atoms with Crippen LogP contribution in [-0.2, 0) is 9.84 Å². The van der Waals surface area contributed by atoms with Crippen LogP contribution in [0.4, 0.5) is 0 Å². The molecule has 8 heteroatoms. The molecular formula is C16H19ClN2O3S2. The van der Waals surface area contributed by atoms with Gasteiger partial charge in [0.2, 0.25) is 9.84 Å². The Hall–Kier alpha value is -1.41. The van der Waals surface area contributed by atoms with Gasteiger partial charge in [0, 0.05) is 25.7 Å². The number of halogens is 1. The quantitative estimate of drug-likeness (QED) is 0.879. The zero-order chi connectivity index (χ0) is 16.4. The molecule has 130 valence electrons. The van der Waals surface area contributed by atoms with E-state index in [1.807, 2.05) is 6.92 Å². The van der Waals surface area contributed by atoms with Crippen molar-refractivity contribution in [3.05, 3.63) is 47.3 Å². The van der Waals surface area contributed by atoms with Crippen molar-refractivity contribution in [2.24, 2.45) is 0 Å². The SMILES string of the molecule is C[C@@H]1CNCCN1C(=O)c1ccc(S(=O)(=O)c2ccccc2)s1.Cl. The Morgan fingerprint density at radius 3 is 2.58 bits per heavy atom. The molecule has 2 aromatic rings. The van der Waals surface area contributed by atoms with Crippen LogP contribution in [0.25, 0.3) is 0 Å². The third-order valence-electron chi connectivity index (χ3n) is 3.87. The number of nitrogens with zero attached hydrogens (tertiary/aromatic N) is 1. The monoisotopic (exact) mass is 386 g/mol. The Bertz CT molecular complexity index is 806. The van der Waals surface area contributed by atoms with E-state index in [0.29, 0.717) is 11.4 Å². The molecule has 1 amide bonds. The van der Waals surface area contributed by atoms with E-state index in [1.54, 1.807) is 41.3 Å². The van der Waals surface area contributed by atoms with E-state index in [9.17, 15) is 13.2 Å². The predicted octanol–water partition coefficient (Wildman–Crippen LogP) is 2.44. The van der Waals surface area contributed by atoms with Gasteiger partial charge in [0.05, 0.1) is 9.77 Å². The van der Waals surface area contributed by atoms with Crippen molar-refractivity contribution in [1.82, 2.24) is 10.2 Å². The Kier molecular flexibility index (Phi) is 6.03. The molecule has 0 radical (unpaired) electrons. The van der Waals surface area contributed by atoms with Gasteiger partial charge in [-0.3, -0.25) is 4.79 Å². The first-order chi connectivity index (χ1) is 11.0. The number of hydrogen-bond donors (Lipinski definition) is 1. The van der Waals surface area contributed by atoms with Crippen molar-refractivity contribution in [1.29, 1.82) is 0 Å². The largest absolute Gasteiger partial charge is 0.333 e. The van der Waals surface area contributed by atoms with Gasteiger partial charge in [-0.15, -0.1) is 23.7 Å². The lowest BCUT2D eigenvalue weighted by molar-refractivity contribution is 0.0661. The smallest absolute Gasteiger partial charge is 0.264 e. The van der Waals surface area contributed by atoms with Gasteiger partial charge < -0.3 is 10.2 Å². The molecule has 2 heterocycles. The normalized spacial score (nSPS) is 18.0. The van der Waals surface area contributed by atoms with Crippen LogP contribution in [0.2, 0.25) is 0 Å². The van der Waals surface area contributed by atoms with Gasteiger partial charge in [-0.1, -0.05) is 18.2 Å². The molecule has 1 aromatic heterocycles. The molecule has 0 saturated carbocycles. The Labute approximate surface area is 152 Å². The predicted molar refractivity (Wildman–Crippen MR) is 96.8 cm³/mol. The molecule has 1 aliphatic heterocycles. The summed E-state index contributed by atoms with van der Waals surface area (Å²) in [7, 11) is -3.56. The van der Waals surface area contributed by atoms with Gasteiger partial charge in [-0.25, -0.2) is 8.42 Å². The molecule has 0 spiro atoms. The summed E-state index contributed by atoms with van der Waals surface area (Å²) in [5.74, 6) is -0.0986. The van der Waals surface area contributed by atoms with Crippen LogP contribution < -0.4 is 5.32 Å². The highest BCUT2D eigenvalue weighted by molar-refractivity contribution is 7.93. The van der Waals surface area contributed by atoms with E-state index < -0.39 is 9.84 Å². The van der Waals surface area contributed by atoms with E-state index in [-0.39, 0.29) is 33.5 Å². The maximum Gasteiger partial charge on any atom is 0.264 e. The van der Waals surface area contributed by atoms with Crippen LogP contribution in [0.3, 0.4) is 0 Å². The zero-order valence-electron chi connectivity index (χ0n) is 13.1. The van der Waals surface area contributed by atoms with Crippen LogP contribution in [-0.4, -0.2) is 44.9 Å². The fourth-order valence-corrected chi connectivity index (χ4v) is 5.26.